The molecular formula is C29H39N7O4. The standard InChI is InChI=1S/C29H39N7O4/c1-29(2,3)40-28(38)35-14-12-21(13-15-35)39-22-10-11-24(30-18-22)32-27-31-17-19-16-23(26(37)34(4)5)36(25(19)33-27)20-8-6-7-9-20/h10-11,16-18,20-21H,6-9,12-15H2,1-5H3,(H,30,31,32,33). The molecule has 0 aromatic carbocycles. The summed E-state index contributed by atoms with van der Waals surface area (Å²) in [4.78, 5) is 42.3. The topological polar surface area (TPSA) is 115 Å². The number of amides is 2. The minimum absolute atomic E-state index is 0.00693. The Kier molecular flexibility index (Phi) is 7.82. The van der Waals surface area contributed by atoms with Crippen LogP contribution in [0.4, 0.5) is 16.6 Å². The second-order valence-corrected chi connectivity index (χ2v) is 11.8. The summed E-state index contributed by atoms with van der Waals surface area (Å²) in [5.41, 5.74) is 0.902. The molecule has 3 aromatic rings. The van der Waals surface area contributed by atoms with Gasteiger partial charge in [-0.25, -0.2) is 14.8 Å². The van der Waals surface area contributed by atoms with E-state index in [1.807, 2.05) is 39.0 Å². The summed E-state index contributed by atoms with van der Waals surface area (Å²) in [5.74, 6) is 1.64. The fraction of sp³-hybridized carbons (Fsp3) is 0.552. The first-order chi connectivity index (χ1) is 19.1. The number of hydrogen-bond acceptors (Lipinski definition) is 8. The molecule has 0 unspecified atom stereocenters. The van der Waals surface area contributed by atoms with E-state index in [1.165, 1.54) is 0 Å². The molecule has 0 bridgehead atoms. The average molecular weight is 550 g/mol. The molecule has 0 spiro atoms. The predicted molar refractivity (Wildman–Crippen MR) is 152 cm³/mol. The third-order valence-corrected chi connectivity index (χ3v) is 7.26. The second-order valence-electron chi connectivity index (χ2n) is 11.8. The molecule has 0 radical (unpaired) electrons. The molecule has 2 fully saturated rings. The number of anilines is 2. The molecule has 0 atom stereocenters. The van der Waals surface area contributed by atoms with E-state index in [-0.39, 0.29) is 24.1 Å². The molecule has 5 rings (SSSR count). The second kappa shape index (κ2) is 11.3. The summed E-state index contributed by atoms with van der Waals surface area (Å²) < 4.78 is 13.7. The number of pyridine rings is 1. The van der Waals surface area contributed by atoms with E-state index in [1.54, 1.807) is 36.3 Å². The summed E-state index contributed by atoms with van der Waals surface area (Å²) in [6, 6.07) is 5.84. The molecule has 1 aliphatic carbocycles. The maximum atomic E-state index is 12.9. The van der Waals surface area contributed by atoms with E-state index >= 15 is 0 Å². The number of rotatable bonds is 6. The van der Waals surface area contributed by atoms with Gasteiger partial charge in [-0.05, 0) is 51.8 Å². The number of carbonyl (C=O) groups excluding carboxylic acids is 2. The fourth-order valence-electron chi connectivity index (χ4n) is 5.31. The number of piperidine rings is 1. The molecule has 214 valence electrons. The van der Waals surface area contributed by atoms with Crippen LogP contribution in [0.25, 0.3) is 11.0 Å². The van der Waals surface area contributed by atoms with Crippen molar-refractivity contribution in [3.05, 3.63) is 36.3 Å². The molecule has 11 heteroatoms. The average Bonchev–Trinajstić information content (AvgIpc) is 3.56. The van der Waals surface area contributed by atoms with Crippen molar-refractivity contribution in [3.63, 3.8) is 0 Å². The summed E-state index contributed by atoms with van der Waals surface area (Å²) in [7, 11) is 3.54. The Hall–Kier alpha value is -3.89. The van der Waals surface area contributed by atoms with E-state index in [2.05, 4.69) is 19.9 Å². The first kappa shape index (κ1) is 27.7. The van der Waals surface area contributed by atoms with Gasteiger partial charge in [-0.2, -0.15) is 4.98 Å². The van der Waals surface area contributed by atoms with Gasteiger partial charge in [-0.1, -0.05) is 12.8 Å². The van der Waals surface area contributed by atoms with Gasteiger partial charge in [0.1, 0.15) is 34.6 Å². The summed E-state index contributed by atoms with van der Waals surface area (Å²) in [6.45, 7) is 6.80. The highest BCUT2D eigenvalue weighted by Gasteiger charge is 2.28. The number of aromatic nitrogens is 4. The minimum atomic E-state index is -0.503. The van der Waals surface area contributed by atoms with Gasteiger partial charge in [0.2, 0.25) is 5.95 Å². The lowest BCUT2D eigenvalue weighted by Crippen LogP contribution is -2.44. The zero-order chi connectivity index (χ0) is 28.4. The third-order valence-electron chi connectivity index (χ3n) is 7.26. The highest BCUT2D eigenvalue weighted by molar-refractivity contribution is 5.97. The van der Waals surface area contributed by atoms with Crippen LogP contribution in [-0.2, 0) is 4.74 Å². The van der Waals surface area contributed by atoms with Gasteiger partial charge in [-0.15, -0.1) is 0 Å². The molecular weight excluding hydrogens is 510 g/mol. The van der Waals surface area contributed by atoms with Crippen LogP contribution in [-0.4, -0.2) is 80.2 Å². The van der Waals surface area contributed by atoms with Crippen molar-refractivity contribution in [3.8, 4) is 5.75 Å². The van der Waals surface area contributed by atoms with Gasteiger partial charge in [0.05, 0.1) is 6.20 Å². The number of carbonyl (C=O) groups is 2. The molecule has 4 heterocycles. The van der Waals surface area contributed by atoms with Gasteiger partial charge in [0.15, 0.2) is 0 Å². The van der Waals surface area contributed by atoms with E-state index in [0.717, 1.165) is 49.6 Å². The molecule has 40 heavy (non-hydrogen) atoms. The van der Waals surface area contributed by atoms with Crippen molar-refractivity contribution < 1.29 is 19.1 Å². The highest BCUT2D eigenvalue weighted by Crippen LogP contribution is 2.35. The molecule has 11 nitrogen and oxygen atoms in total. The largest absolute Gasteiger partial charge is 0.489 e. The van der Waals surface area contributed by atoms with Crippen molar-refractivity contribution in [2.45, 2.75) is 77.0 Å². The van der Waals surface area contributed by atoms with Crippen molar-refractivity contribution in [1.29, 1.82) is 0 Å². The number of fused-ring (bicyclic) bond motifs is 1. The van der Waals surface area contributed by atoms with Crippen molar-refractivity contribution in [2.75, 3.05) is 32.5 Å². The van der Waals surface area contributed by atoms with Crippen LogP contribution >= 0.6 is 0 Å². The number of nitrogens with zero attached hydrogens (tertiary/aromatic N) is 6. The first-order valence-corrected chi connectivity index (χ1v) is 14.0. The van der Waals surface area contributed by atoms with E-state index in [4.69, 9.17) is 14.5 Å². The van der Waals surface area contributed by atoms with Crippen molar-refractivity contribution in [2.24, 2.45) is 0 Å². The maximum Gasteiger partial charge on any atom is 0.410 e. The maximum absolute atomic E-state index is 12.9. The van der Waals surface area contributed by atoms with Crippen molar-refractivity contribution in [1.82, 2.24) is 29.3 Å². The Bertz CT molecular complexity index is 1350. The molecule has 1 N–H and O–H groups in total. The Labute approximate surface area is 234 Å². The quantitative estimate of drug-likeness (QED) is 0.448. The highest BCUT2D eigenvalue weighted by atomic mass is 16.6. The molecule has 1 saturated carbocycles. The third kappa shape index (κ3) is 6.29. The summed E-state index contributed by atoms with van der Waals surface area (Å²) >= 11 is 0. The monoisotopic (exact) mass is 549 g/mol. The lowest BCUT2D eigenvalue weighted by molar-refractivity contribution is 0.0126. The van der Waals surface area contributed by atoms with Crippen molar-refractivity contribution >= 4 is 34.8 Å². The van der Waals surface area contributed by atoms with E-state index in [9.17, 15) is 9.59 Å². The van der Waals surface area contributed by atoms with E-state index in [0.29, 0.717) is 36.3 Å². The fourth-order valence-corrected chi connectivity index (χ4v) is 5.31. The number of nitrogens with one attached hydrogen (secondary N) is 1. The minimum Gasteiger partial charge on any atom is -0.489 e. The Balaban J connectivity index is 1.23. The predicted octanol–water partition coefficient (Wildman–Crippen LogP) is 5.17. The Morgan fingerprint density at radius 1 is 1.02 bits per heavy atom. The van der Waals surface area contributed by atoms with Crippen LogP contribution < -0.4 is 10.1 Å². The Morgan fingerprint density at radius 3 is 2.38 bits per heavy atom. The van der Waals surface area contributed by atoms with Gasteiger partial charge < -0.3 is 29.2 Å². The van der Waals surface area contributed by atoms with Crippen LogP contribution in [0.2, 0.25) is 0 Å². The zero-order valence-corrected chi connectivity index (χ0v) is 24.0. The number of ether oxygens (including phenoxy) is 2. The normalized spacial score (nSPS) is 16.8. The molecule has 1 aliphatic heterocycles. The molecule has 2 amide bonds. The van der Waals surface area contributed by atoms with Gasteiger partial charge in [-0.3, -0.25) is 4.79 Å². The molecule has 2 aliphatic rings. The lowest BCUT2D eigenvalue weighted by atomic mass is 10.1. The molecule has 3 aromatic heterocycles. The van der Waals surface area contributed by atoms with Crippen LogP contribution in [0.15, 0.2) is 30.6 Å². The van der Waals surface area contributed by atoms with Gasteiger partial charge >= 0.3 is 6.09 Å². The van der Waals surface area contributed by atoms with Gasteiger partial charge in [0, 0.05) is 57.7 Å². The SMILES string of the molecule is CN(C)C(=O)c1cc2cnc(Nc3ccc(OC4CCN(C(=O)OC(C)(C)C)CC4)cn3)nc2n1C1CCCC1. The van der Waals surface area contributed by atoms with Crippen LogP contribution in [0, 0.1) is 0 Å². The van der Waals surface area contributed by atoms with Crippen LogP contribution in [0.1, 0.15) is 75.8 Å². The van der Waals surface area contributed by atoms with Gasteiger partial charge in [0.25, 0.3) is 5.91 Å². The molecule has 1 saturated heterocycles. The van der Waals surface area contributed by atoms with Crippen LogP contribution in [0.5, 0.6) is 5.75 Å². The first-order valence-electron chi connectivity index (χ1n) is 14.0. The lowest BCUT2D eigenvalue weighted by Gasteiger charge is -2.33. The van der Waals surface area contributed by atoms with Crippen LogP contribution in [0.3, 0.4) is 0 Å². The summed E-state index contributed by atoms with van der Waals surface area (Å²) in [6.07, 6.45) is 8.99. The number of likely N-dealkylation sites (tertiary alicyclic amines) is 1. The van der Waals surface area contributed by atoms with E-state index < -0.39 is 5.60 Å². The number of hydrogen-bond donors (Lipinski definition) is 1. The smallest absolute Gasteiger partial charge is 0.410 e. The summed E-state index contributed by atoms with van der Waals surface area (Å²) in [5, 5.41) is 4.03. The zero-order valence-electron chi connectivity index (χ0n) is 24.0. The Morgan fingerprint density at radius 2 is 1.75 bits per heavy atom.